The van der Waals surface area contributed by atoms with Gasteiger partial charge in [-0.1, -0.05) is 6.08 Å². The fourth-order valence-electron chi connectivity index (χ4n) is 1.99. The molecule has 92 valence electrons. The highest BCUT2D eigenvalue weighted by Gasteiger charge is 2.21. The molecule has 0 amide bonds. The van der Waals surface area contributed by atoms with Crippen molar-refractivity contribution in [2.45, 2.75) is 32.3 Å². The first-order valence-electron chi connectivity index (χ1n) is 5.77. The first-order chi connectivity index (χ1) is 7.63. The van der Waals surface area contributed by atoms with Gasteiger partial charge in [-0.2, -0.15) is 0 Å². The highest BCUT2D eigenvalue weighted by atomic mass is 16.5. The predicted molar refractivity (Wildman–Crippen MR) is 62.0 cm³/mol. The Morgan fingerprint density at radius 2 is 2.31 bits per heavy atom. The second-order valence-electron chi connectivity index (χ2n) is 4.37. The lowest BCUT2D eigenvalue weighted by Crippen LogP contribution is -2.22. The minimum atomic E-state index is -0.280. The lowest BCUT2D eigenvalue weighted by Gasteiger charge is -2.09. The van der Waals surface area contributed by atoms with Crippen LogP contribution in [0.2, 0.25) is 0 Å². The average Bonchev–Trinajstić information content (AvgIpc) is 2.69. The van der Waals surface area contributed by atoms with Gasteiger partial charge in [-0.25, -0.2) is 4.79 Å². The van der Waals surface area contributed by atoms with E-state index in [-0.39, 0.29) is 12.1 Å². The zero-order valence-corrected chi connectivity index (χ0v) is 10.0. The molecule has 0 aromatic rings. The number of nitrogens with one attached hydrogen (secondary N) is 1. The zero-order chi connectivity index (χ0) is 12.0. The average molecular weight is 227 g/mol. The molecule has 2 unspecified atom stereocenters. The van der Waals surface area contributed by atoms with Crippen molar-refractivity contribution in [1.82, 2.24) is 5.32 Å². The quantitative estimate of drug-likeness (QED) is 0.415. The van der Waals surface area contributed by atoms with Gasteiger partial charge in [-0.05, 0) is 38.6 Å². The minimum absolute atomic E-state index is 0.112. The summed E-state index contributed by atoms with van der Waals surface area (Å²) in [6, 6.07) is 0. The van der Waals surface area contributed by atoms with Crippen molar-refractivity contribution in [3.05, 3.63) is 11.6 Å². The van der Waals surface area contributed by atoms with E-state index >= 15 is 0 Å². The molecule has 4 nitrogen and oxygen atoms in total. The molecule has 0 spiro atoms. The molecular formula is C12H21NO3. The summed E-state index contributed by atoms with van der Waals surface area (Å²) in [5.74, 6) is 0.292. The Bertz CT molecular complexity index is 263. The number of esters is 1. The minimum Gasteiger partial charge on any atom is -0.466 e. The number of aliphatic hydroxyl groups excluding tert-OH is 1. The van der Waals surface area contributed by atoms with E-state index in [9.17, 15) is 9.90 Å². The summed E-state index contributed by atoms with van der Waals surface area (Å²) in [5.41, 5.74) is 0.626. The molecule has 1 rings (SSSR count). The van der Waals surface area contributed by atoms with Gasteiger partial charge in [0.1, 0.15) is 0 Å². The standard InChI is InChI=1S/C12H21NO3/c1-9(12(15)16-2)5-6-13-8-10-3-4-11(14)7-10/h5,10-11,13-14H,3-4,6-8H2,1-2H3. The van der Waals surface area contributed by atoms with E-state index in [2.05, 4.69) is 10.1 Å². The molecule has 4 heteroatoms. The van der Waals surface area contributed by atoms with Crippen LogP contribution in [0.25, 0.3) is 0 Å². The molecule has 1 aliphatic rings. The lowest BCUT2D eigenvalue weighted by molar-refractivity contribution is -0.136. The van der Waals surface area contributed by atoms with E-state index in [4.69, 9.17) is 0 Å². The molecule has 2 atom stereocenters. The van der Waals surface area contributed by atoms with Gasteiger partial charge in [-0.15, -0.1) is 0 Å². The largest absolute Gasteiger partial charge is 0.466 e. The maximum absolute atomic E-state index is 11.1. The topological polar surface area (TPSA) is 58.6 Å². The Labute approximate surface area is 96.7 Å². The second-order valence-corrected chi connectivity index (χ2v) is 4.37. The van der Waals surface area contributed by atoms with Gasteiger partial charge < -0.3 is 15.2 Å². The van der Waals surface area contributed by atoms with Crippen LogP contribution in [0, 0.1) is 5.92 Å². The van der Waals surface area contributed by atoms with Crippen molar-refractivity contribution >= 4 is 5.97 Å². The third-order valence-corrected chi connectivity index (χ3v) is 3.01. The van der Waals surface area contributed by atoms with Crippen molar-refractivity contribution in [2.24, 2.45) is 5.92 Å². The Hall–Kier alpha value is -0.870. The van der Waals surface area contributed by atoms with Crippen LogP contribution in [-0.2, 0) is 9.53 Å². The molecule has 1 fully saturated rings. The van der Waals surface area contributed by atoms with E-state index < -0.39 is 0 Å². The maximum Gasteiger partial charge on any atom is 0.333 e. The van der Waals surface area contributed by atoms with E-state index in [1.54, 1.807) is 6.92 Å². The first-order valence-corrected chi connectivity index (χ1v) is 5.77. The second kappa shape index (κ2) is 6.66. The van der Waals surface area contributed by atoms with Crippen LogP contribution < -0.4 is 5.32 Å². The summed E-state index contributed by atoms with van der Waals surface area (Å²) in [4.78, 5) is 11.1. The smallest absolute Gasteiger partial charge is 0.333 e. The summed E-state index contributed by atoms with van der Waals surface area (Å²) >= 11 is 0. The molecule has 0 saturated heterocycles. The summed E-state index contributed by atoms with van der Waals surface area (Å²) in [6.45, 7) is 3.32. The van der Waals surface area contributed by atoms with Crippen LogP contribution >= 0.6 is 0 Å². The normalized spacial score (nSPS) is 25.8. The van der Waals surface area contributed by atoms with Crippen LogP contribution in [-0.4, -0.2) is 37.4 Å². The number of methoxy groups -OCH3 is 1. The van der Waals surface area contributed by atoms with E-state index in [0.717, 1.165) is 25.8 Å². The molecule has 0 bridgehead atoms. The first kappa shape index (κ1) is 13.2. The fraction of sp³-hybridized carbons (Fsp3) is 0.750. The number of carbonyl (C=O) groups is 1. The number of aliphatic hydroxyl groups is 1. The number of rotatable bonds is 5. The number of hydrogen-bond acceptors (Lipinski definition) is 4. The third kappa shape index (κ3) is 4.33. The summed E-state index contributed by atoms with van der Waals surface area (Å²) in [5, 5.41) is 12.6. The Balaban J connectivity index is 2.14. The molecule has 16 heavy (non-hydrogen) atoms. The summed E-state index contributed by atoms with van der Waals surface area (Å²) in [6.07, 6.45) is 4.63. The Morgan fingerprint density at radius 1 is 1.56 bits per heavy atom. The van der Waals surface area contributed by atoms with E-state index in [1.807, 2.05) is 6.08 Å². The van der Waals surface area contributed by atoms with Crippen molar-refractivity contribution in [2.75, 3.05) is 20.2 Å². The van der Waals surface area contributed by atoms with E-state index in [0.29, 0.717) is 18.0 Å². The van der Waals surface area contributed by atoms with Crippen LogP contribution in [0.1, 0.15) is 26.2 Å². The van der Waals surface area contributed by atoms with Gasteiger partial charge in [0.15, 0.2) is 0 Å². The van der Waals surface area contributed by atoms with Crippen molar-refractivity contribution in [3.8, 4) is 0 Å². The van der Waals surface area contributed by atoms with Gasteiger partial charge in [0.2, 0.25) is 0 Å². The Kier molecular flexibility index (Phi) is 5.49. The zero-order valence-electron chi connectivity index (χ0n) is 10.0. The van der Waals surface area contributed by atoms with Gasteiger partial charge in [0, 0.05) is 12.1 Å². The monoisotopic (exact) mass is 227 g/mol. The number of ether oxygens (including phenoxy) is 1. The maximum atomic E-state index is 11.1. The van der Waals surface area contributed by atoms with Crippen LogP contribution in [0.5, 0.6) is 0 Å². The van der Waals surface area contributed by atoms with Gasteiger partial charge in [-0.3, -0.25) is 0 Å². The summed E-state index contributed by atoms with van der Waals surface area (Å²) < 4.78 is 4.59. The van der Waals surface area contributed by atoms with Crippen LogP contribution in [0.4, 0.5) is 0 Å². The molecule has 2 N–H and O–H groups in total. The highest BCUT2D eigenvalue weighted by molar-refractivity contribution is 5.87. The molecule has 1 aliphatic carbocycles. The molecule has 1 saturated carbocycles. The fourth-order valence-corrected chi connectivity index (χ4v) is 1.99. The van der Waals surface area contributed by atoms with E-state index in [1.165, 1.54) is 7.11 Å². The molecule has 0 heterocycles. The number of hydrogen-bond donors (Lipinski definition) is 2. The third-order valence-electron chi connectivity index (χ3n) is 3.01. The molecular weight excluding hydrogens is 206 g/mol. The number of carbonyl (C=O) groups excluding carboxylic acids is 1. The van der Waals surface area contributed by atoms with Gasteiger partial charge in [0.05, 0.1) is 13.2 Å². The highest BCUT2D eigenvalue weighted by Crippen LogP contribution is 2.24. The molecule has 0 aromatic heterocycles. The predicted octanol–water partition coefficient (Wildman–Crippen LogP) is 0.856. The SMILES string of the molecule is COC(=O)C(C)=CCNCC1CCC(O)C1. The summed E-state index contributed by atoms with van der Waals surface area (Å²) in [7, 11) is 1.38. The van der Waals surface area contributed by atoms with Crippen molar-refractivity contribution in [3.63, 3.8) is 0 Å². The van der Waals surface area contributed by atoms with Gasteiger partial charge in [0.25, 0.3) is 0 Å². The van der Waals surface area contributed by atoms with Crippen molar-refractivity contribution in [1.29, 1.82) is 0 Å². The van der Waals surface area contributed by atoms with Gasteiger partial charge >= 0.3 is 5.97 Å². The molecule has 0 aliphatic heterocycles. The Morgan fingerprint density at radius 3 is 2.88 bits per heavy atom. The van der Waals surface area contributed by atoms with Crippen LogP contribution in [0.3, 0.4) is 0 Å². The lowest BCUT2D eigenvalue weighted by atomic mass is 10.1. The van der Waals surface area contributed by atoms with Crippen molar-refractivity contribution < 1.29 is 14.6 Å². The molecule has 0 aromatic carbocycles. The molecule has 0 radical (unpaired) electrons. The van der Waals surface area contributed by atoms with Crippen LogP contribution in [0.15, 0.2) is 11.6 Å².